The topological polar surface area (TPSA) is 64.5 Å². The highest BCUT2D eigenvalue weighted by molar-refractivity contribution is 7.99. The molecular weight excluding hydrogens is 346 g/mol. The maximum Gasteiger partial charge on any atom is 0.232 e. The largest absolute Gasteiger partial charge is 0.493 e. The number of ether oxygens (including phenoxy) is 2. The number of aromatic nitrogens is 2. The van der Waals surface area contributed by atoms with Gasteiger partial charge in [-0.3, -0.25) is 4.79 Å². The zero-order valence-electron chi connectivity index (χ0n) is 14.2. The quantitative estimate of drug-likeness (QED) is 0.715. The highest BCUT2D eigenvalue weighted by atomic mass is 32.2. The standard InChI is InChI=1S/C16H21N3O3S2/c1-11-13(18-24-17-11)9-23-10-16(20)19(2)8-12-5-6-14(21-3)15(7-12)22-4/h5-7H,8-10H2,1-4H3. The molecule has 130 valence electrons. The first kappa shape index (κ1) is 18.5. The van der Waals surface area contributed by atoms with Gasteiger partial charge in [0, 0.05) is 19.3 Å². The Morgan fingerprint density at radius 2 is 2.00 bits per heavy atom. The van der Waals surface area contributed by atoms with Crippen LogP contribution in [0.15, 0.2) is 18.2 Å². The van der Waals surface area contributed by atoms with Crippen LogP contribution in [0.5, 0.6) is 11.5 Å². The Bertz CT molecular complexity index is 691. The van der Waals surface area contributed by atoms with Gasteiger partial charge in [0.05, 0.1) is 43.1 Å². The monoisotopic (exact) mass is 367 g/mol. The second kappa shape index (κ2) is 8.89. The number of rotatable bonds is 8. The molecule has 1 heterocycles. The van der Waals surface area contributed by atoms with Crippen molar-refractivity contribution < 1.29 is 14.3 Å². The number of amides is 1. The first-order valence-electron chi connectivity index (χ1n) is 7.35. The predicted molar refractivity (Wildman–Crippen MR) is 96.8 cm³/mol. The third-order valence-electron chi connectivity index (χ3n) is 3.50. The number of thioether (sulfide) groups is 1. The second-order valence-electron chi connectivity index (χ2n) is 5.23. The third-order valence-corrected chi connectivity index (χ3v) is 5.09. The number of carbonyl (C=O) groups excluding carboxylic acids is 1. The highest BCUT2D eigenvalue weighted by Gasteiger charge is 2.12. The highest BCUT2D eigenvalue weighted by Crippen LogP contribution is 2.28. The molecule has 2 rings (SSSR count). The molecule has 0 N–H and O–H groups in total. The molecule has 24 heavy (non-hydrogen) atoms. The van der Waals surface area contributed by atoms with Gasteiger partial charge < -0.3 is 14.4 Å². The molecule has 1 aromatic heterocycles. The van der Waals surface area contributed by atoms with E-state index in [1.54, 1.807) is 37.9 Å². The van der Waals surface area contributed by atoms with Crippen LogP contribution in [-0.2, 0) is 17.1 Å². The smallest absolute Gasteiger partial charge is 0.232 e. The maximum absolute atomic E-state index is 12.3. The van der Waals surface area contributed by atoms with Gasteiger partial charge >= 0.3 is 0 Å². The minimum atomic E-state index is 0.0793. The zero-order chi connectivity index (χ0) is 17.5. The van der Waals surface area contributed by atoms with Crippen molar-refractivity contribution in [2.75, 3.05) is 27.0 Å². The van der Waals surface area contributed by atoms with Crippen molar-refractivity contribution >= 4 is 29.4 Å². The Hall–Kier alpha value is -1.80. The zero-order valence-corrected chi connectivity index (χ0v) is 15.9. The molecule has 6 nitrogen and oxygen atoms in total. The first-order valence-corrected chi connectivity index (χ1v) is 9.24. The lowest BCUT2D eigenvalue weighted by atomic mass is 10.2. The number of methoxy groups -OCH3 is 2. The van der Waals surface area contributed by atoms with Crippen LogP contribution in [0.3, 0.4) is 0 Å². The van der Waals surface area contributed by atoms with E-state index in [2.05, 4.69) is 8.75 Å². The van der Waals surface area contributed by atoms with Crippen LogP contribution in [0.25, 0.3) is 0 Å². The first-order chi connectivity index (χ1) is 11.5. The van der Waals surface area contributed by atoms with Gasteiger partial charge in [-0.1, -0.05) is 6.07 Å². The molecule has 0 radical (unpaired) electrons. The van der Waals surface area contributed by atoms with Crippen LogP contribution in [0.1, 0.15) is 17.0 Å². The second-order valence-corrected chi connectivity index (χ2v) is 6.74. The molecule has 8 heteroatoms. The molecule has 1 amide bonds. The Labute approximate surface area is 150 Å². The molecule has 0 aliphatic heterocycles. The molecular formula is C16H21N3O3S2. The number of hydrogen-bond donors (Lipinski definition) is 0. The van der Waals surface area contributed by atoms with Crippen molar-refractivity contribution in [3.8, 4) is 11.5 Å². The van der Waals surface area contributed by atoms with Crippen LogP contribution in [-0.4, -0.2) is 46.6 Å². The molecule has 1 aromatic carbocycles. The Morgan fingerprint density at radius 1 is 1.25 bits per heavy atom. The average Bonchev–Trinajstić information content (AvgIpc) is 2.99. The van der Waals surface area contributed by atoms with Crippen LogP contribution < -0.4 is 9.47 Å². The molecule has 0 atom stereocenters. The summed E-state index contributed by atoms with van der Waals surface area (Å²) in [5, 5.41) is 0. The maximum atomic E-state index is 12.3. The van der Waals surface area contributed by atoms with Crippen molar-refractivity contribution in [3.63, 3.8) is 0 Å². The van der Waals surface area contributed by atoms with E-state index in [4.69, 9.17) is 9.47 Å². The van der Waals surface area contributed by atoms with E-state index in [0.717, 1.165) is 17.0 Å². The minimum Gasteiger partial charge on any atom is -0.493 e. The number of nitrogens with zero attached hydrogens (tertiary/aromatic N) is 3. The van der Waals surface area contributed by atoms with Crippen molar-refractivity contribution in [1.29, 1.82) is 0 Å². The summed E-state index contributed by atoms with van der Waals surface area (Å²) in [5.74, 6) is 2.55. The molecule has 0 bridgehead atoms. The fourth-order valence-electron chi connectivity index (χ4n) is 2.07. The fraction of sp³-hybridized carbons (Fsp3) is 0.438. The van der Waals surface area contributed by atoms with Crippen LogP contribution in [0.4, 0.5) is 0 Å². The molecule has 0 spiro atoms. The van der Waals surface area contributed by atoms with E-state index in [-0.39, 0.29) is 5.91 Å². The SMILES string of the molecule is COc1ccc(CN(C)C(=O)CSCc2nsnc2C)cc1OC. The lowest BCUT2D eigenvalue weighted by Gasteiger charge is -2.18. The van der Waals surface area contributed by atoms with Crippen LogP contribution in [0, 0.1) is 6.92 Å². The van der Waals surface area contributed by atoms with Gasteiger partial charge in [-0.15, -0.1) is 11.8 Å². The van der Waals surface area contributed by atoms with Crippen LogP contribution >= 0.6 is 23.5 Å². The molecule has 2 aromatic rings. The summed E-state index contributed by atoms with van der Waals surface area (Å²) in [7, 11) is 5.00. The van der Waals surface area contributed by atoms with E-state index in [9.17, 15) is 4.79 Å². The molecule has 0 aliphatic rings. The summed E-state index contributed by atoms with van der Waals surface area (Å²) in [6.45, 7) is 2.46. The van der Waals surface area contributed by atoms with Crippen molar-refractivity contribution in [3.05, 3.63) is 35.2 Å². The normalized spacial score (nSPS) is 10.5. The van der Waals surface area contributed by atoms with Gasteiger partial charge in [-0.2, -0.15) is 8.75 Å². The van der Waals surface area contributed by atoms with E-state index in [1.807, 2.05) is 25.1 Å². The van der Waals surface area contributed by atoms with E-state index >= 15 is 0 Å². The van der Waals surface area contributed by atoms with E-state index in [0.29, 0.717) is 29.5 Å². The van der Waals surface area contributed by atoms with Gasteiger partial charge in [0.25, 0.3) is 0 Å². The molecule has 0 unspecified atom stereocenters. The Balaban J connectivity index is 1.86. The Morgan fingerprint density at radius 3 is 2.62 bits per heavy atom. The van der Waals surface area contributed by atoms with Crippen molar-refractivity contribution in [1.82, 2.24) is 13.6 Å². The van der Waals surface area contributed by atoms with Gasteiger partial charge in [0.2, 0.25) is 5.91 Å². The third kappa shape index (κ3) is 4.85. The lowest BCUT2D eigenvalue weighted by Crippen LogP contribution is -2.27. The summed E-state index contributed by atoms with van der Waals surface area (Å²) in [6, 6.07) is 5.67. The van der Waals surface area contributed by atoms with E-state index in [1.165, 1.54) is 11.7 Å². The summed E-state index contributed by atoms with van der Waals surface area (Å²) < 4.78 is 18.9. The van der Waals surface area contributed by atoms with Gasteiger partial charge in [-0.25, -0.2) is 0 Å². The molecule has 0 saturated heterocycles. The number of benzene rings is 1. The number of carbonyl (C=O) groups is 1. The molecule has 0 saturated carbocycles. The minimum absolute atomic E-state index is 0.0793. The lowest BCUT2D eigenvalue weighted by molar-refractivity contribution is -0.127. The summed E-state index contributed by atoms with van der Waals surface area (Å²) in [4.78, 5) is 14.0. The van der Waals surface area contributed by atoms with Crippen LogP contribution in [0.2, 0.25) is 0 Å². The molecule has 0 aliphatic carbocycles. The van der Waals surface area contributed by atoms with Crippen molar-refractivity contribution in [2.45, 2.75) is 19.2 Å². The fourth-order valence-corrected chi connectivity index (χ4v) is 3.68. The number of aryl methyl sites for hydroxylation is 1. The van der Waals surface area contributed by atoms with Crippen molar-refractivity contribution in [2.24, 2.45) is 0 Å². The Kier molecular flexibility index (Phi) is 6.86. The van der Waals surface area contributed by atoms with Gasteiger partial charge in [0.1, 0.15) is 0 Å². The number of hydrogen-bond acceptors (Lipinski definition) is 7. The van der Waals surface area contributed by atoms with Gasteiger partial charge in [-0.05, 0) is 24.6 Å². The van der Waals surface area contributed by atoms with E-state index < -0.39 is 0 Å². The predicted octanol–water partition coefficient (Wildman–Crippen LogP) is 2.76. The molecule has 0 fully saturated rings. The summed E-state index contributed by atoms with van der Waals surface area (Å²) >= 11 is 2.76. The summed E-state index contributed by atoms with van der Waals surface area (Å²) in [5.41, 5.74) is 2.90. The average molecular weight is 367 g/mol. The summed E-state index contributed by atoms with van der Waals surface area (Å²) in [6.07, 6.45) is 0. The van der Waals surface area contributed by atoms with Gasteiger partial charge in [0.15, 0.2) is 11.5 Å².